The number of aliphatic hydroxyl groups excluding tert-OH is 1. The van der Waals surface area contributed by atoms with Crippen LogP contribution in [0.25, 0.3) is 0 Å². The number of hydrogen-bond acceptors (Lipinski definition) is 4. The van der Waals surface area contributed by atoms with Gasteiger partial charge in [0, 0.05) is 19.3 Å². The summed E-state index contributed by atoms with van der Waals surface area (Å²) < 4.78 is 1.59. The minimum Gasteiger partial charge on any atom is -0.396 e. The molecule has 5 nitrogen and oxygen atoms in total. The van der Waals surface area contributed by atoms with Gasteiger partial charge in [-0.05, 0) is 18.9 Å². The average Bonchev–Trinajstić information content (AvgIpc) is 2.30. The molecule has 1 rings (SSSR count). The van der Waals surface area contributed by atoms with Gasteiger partial charge in [0.25, 0.3) is 0 Å². The maximum absolute atomic E-state index is 11.4. The van der Waals surface area contributed by atoms with E-state index in [1.165, 1.54) is 0 Å². The second-order valence-electron chi connectivity index (χ2n) is 4.17. The molecule has 0 saturated heterocycles. The summed E-state index contributed by atoms with van der Waals surface area (Å²) in [5.74, 6) is 0.273. The highest BCUT2D eigenvalue weighted by Gasteiger charge is 1.97. The Bertz CT molecular complexity index is 376. The minimum absolute atomic E-state index is 0.273. The van der Waals surface area contributed by atoms with E-state index in [4.69, 9.17) is 10.8 Å². The molecule has 0 unspecified atom stereocenters. The van der Waals surface area contributed by atoms with Gasteiger partial charge in [-0.3, -0.25) is 4.57 Å². The molecule has 0 fully saturated rings. The topological polar surface area (TPSA) is 81.1 Å². The van der Waals surface area contributed by atoms with Crippen molar-refractivity contribution in [3.63, 3.8) is 0 Å². The molecule has 0 atom stereocenters. The third-order valence-electron chi connectivity index (χ3n) is 2.70. The van der Waals surface area contributed by atoms with Gasteiger partial charge in [0.05, 0.1) is 0 Å². The van der Waals surface area contributed by atoms with Gasteiger partial charge in [0.15, 0.2) is 0 Å². The Kier molecular flexibility index (Phi) is 6.32. The van der Waals surface area contributed by atoms with Crippen LogP contribution < -0.4 is 11.4 Å². The second kappa shape index (κ2) is 7.84. The first kappa shape index (κ1) is 13.7. The van der Waals surface area contributed by atoms with Crippen molar-refractivity contribution in [2.75, 3.05) is 12.3 Å². The number of hydrogen-bond donors (Lipinski definition) is 2. The standard InChI is InChI=1S/C12H21N3O2/c13-11-7-9-15(12(17)14-11)8-5-3-1-2-4-6-10-16/h7,9,16H,1-6,8,10H2,(H2,13,14,17). The summed E-state index contributed by atoms with van der Waals surface area (Å²) in [5, 5.41) is 8.62. The molecular formula is C12H21N3O2. The van der Waals surface area contributed by atoms with Gasteiger partial charge in [0.1, 0.15) is 5.82 Å². The van der Waals surface area contributed by atoms with Gasteiger partial charge in [0.2, 0.25) is 0 Å². The molecule has 0 aliphatic carbocycles. The lowest BCUT2D eigenvalue weighted by Gasteiger charge is -2.04. The van der Waals surface area contributed by atoms with E-state index in [-0.39, 0.29) is 18.1 Å². The van der Waals surface area contributed by atoms with E-state index in [0.29, 0.717) is 6.54 Å². The van der Waals surface area contributed by atoms with E-state index >= 15 is 0 Å². The summed E-state index contributed by atoms with van der Waals surface area (Å²) in [5.41, 5.74) is 5.13. The Morgan fingerprint density at radius 1 is 1.18 bits per heavy atom. The summed E-state index contributed by atoms with van der Waals surface area (Å²) in [4.78, 5) is 15.1. The molecule has 0 spiro atoms. The largest absolute Gasteiger partial charge is 0.396 e. The molecule has 0 radical (unpaired) electrons. The summed E-state index contributed by atoms with van der Waals surface area (Å²) in [6, 6.07) is 1.64. The quantitative estimate of drug-likeness (QED) is 0.667. The highest BCUT2D eigenvalue weighted by Crippen LogP contribution is 2.05. The van der Waals surface area contributed by atoms with E-state index in [1.54, 1.807) is 16.8 Å². The molecule has 1 heterocycles. The monoisotopic (exact) mass is 239 g/mol. The van der Waals surface area contributed by atoms with Crippen LogP contribution in [0.2, 0.25) is 0 Å². The molecule has 0 aromatic carbocycles. The molecule has 17 heavy (non-hydrogen) atoms. The van der Waals surface area contributed by atoms with Gasteiger partial charge >= 0.3 is 5.69 Å². The Hall–Kier alpha value is -1.36. The molecule has 0 amide bonds. The van der Waals surface area contributed by atoms with E-state index in [1.807, 2.05) is 0 Å². The van der Waals surface area contributed by atoms with Crippen molar-refractivity contribution in [1.29, 1.82) is 0 Å². The maximum Gasteiger partial charge on any atom is 0.349 e. The predicted octanol–water partition coefficient (Wildman–Crippen LogP) is 1.16. The SMILES string of the molecule is Nc1ccn(CCCCCCCCO)c(=O)n1. The number of aliphatic hydroxyl groups is 1. The van der Waals surface area contributed by atoms with Gasteiger partial charge in [-0.1, -0.05) is 25.7 Å². The molecule has 0 aliphatic heterocycles. The first-order chi connectivity index (χ1) is 8.24. The molecule has 5 heteroatoms. The molecule has 1 aromatic heterocycles. The van der Waals surface area contributed by atoms with Crippen LogP contribution in [0.3, 0.4) is 0 Å². The highest BCUT2D eigenvalue weighted by atomic mass is 16.2. The van der Waals surface area contributed by atoms with E-state index < -0.39 is 0 Å². The summed E-state index contributed by atoms with van der Waals surface area (Å²) >= 11 is 0. The van der Waals surface area contributed by atoms with Crippen LogP contribution in [0.15, 0.2) is 17.1 Å². The molecular weight excluding hydrogens is 218 g/mol. The Balaban J connectivity index is 2.16. The minimum atomic E-state index is -0.273. The zero-order chi connectivity index (χ0) is 12.5. The number of aromatic nitrogens is 2. The van der Waals surface area contributed by atoms with Gasteiger partial charge in [-0.15, -0.1) is 0 Å². The van der Waals surface area contributed by atoms with Crippen LogP contribution in [-0.2, 0) is 6.54 Å². The molecule has 3 N–H and O–H groups in total. The molecule has 0 bridgehead atoms. The number of aryl methyl sites for hydroxylation is 1. The number of nitrogens with zero attached hydrogens (tertiary/aromatic N) is 2. The number of nitrogens with two attached hydrogens (primary N) is 1. The van der Waals surface area contributed by atoms with Crippen molar-refractivity contribution in [2.24, 2.45) is 0 Å². The van der Waals surface area contributed by atoms with Gasteiger partial charge < -0.3 is 10.8 Å². The van der Waals surface area contributed by atoms with Crippen LogP contribution >= 0.6 is 0 Å². The molecule has 0 saturated carbocycles. The number of nitrogen functional groups attached to an aromatic ring is 1. The van der Waals surface area contributed by atoms with Gasteiger partial charge in [-0.25, -0.2) is 4.79 Å². The van der Waals surface area contributed by atoms with Gasteiger partial charge in [-0.2, -0.15) is 4.98 Å². The van der Waals surface area contributed by atoms with Crippen molar-refractivity contribution in [3.8, 4) is 0 Å². The van der Waals surface area contributed by atoms with Crippen molar-refractivity contribution in [1.82, 2.24) is 9.55 Å². The Morgan fingerprint density at radius 3 is 2.47 bits per heavy atom. The van der Waals surface area contributed by atoms with E-state index in [2.05, 4.69) is 4.98 Å². The number of anilines is 1. The first-order valence-corrected chi connectivity index (χ1v) is 6.18. The fourth-order valence-electron chi connectivity index (χ4n) is 1.71. The lowest BCUT2D eigenvalue weighted by atomic mass is 10.1. The molecule has 1 aromatic rings. The average molecular weight is 239 g/mol. The van der Waals surface area contributed by atoms with Crippen LogP contribution in [-0.4, -0.2) is 21.3 Å². The van der Waals surface area contributed by atoms with E-state index in [9.17, 15) is 4.79 Å². The third-order valence-corrected chi connectivity index (χ3v) is 2.70. The number of rotatable bonds is 8. The fourth-order valence-corrected chi connectivity index (χ4v) is 1.71. The predicted molar refractivity (Wildman–Crippen MR) is 67.7 cm³/mol. The fraction of sp³-hybridized carbons (Fsp3) is 0.667. The first-order valence-electron chi connectivity index (χ1n) is 6.18. The normalized spacial score (nSPS) is 10.6. The summed E-state index contributed by atoms with van der Waals surface area (Å²) in [7, 11) is 0. The zero-order valence-electron chi connectivity index (χ0n) is 10.1. The third kappa shape index (κ3) is 5.49. The lowest BCUT2D eigenvalue weighted by Crippen LogP contribution is -2.23. The van der Waals surface area contributed by atoms with Crippen LogP contribution in [0, 0.1) is 0 Å². The van der Waals surface area contributed by atoms with Crippen molar-refractivity contribution in [2.45, 2.75) is 45.1 Å². The van der Waals surface area contributed by atoms with Crippen molar-refractivity contribution < 1.29 is 5.11 Å². The summed E-state index contributed by atoms with van der Waals surface area (Å²) in [6.45, 7) is 0.985. The maximum atomic E-state index is 11.4. The van der Waals surface area contributed by atoms with E-state index in [0.717, 1.165) is 38.5 Å². The zero-order valence-corrected chi connectivity index (χ0v) is 10.1. The van der Waals surface area contributed by atoms with Crippen LogP contribution in [0.1, 0.15) is 38.5 Å². The molecule has 0 aliphatic rings. The Morgan fingerprint density at radius 2 is 1.82 bits per heavy atom. The second-order valence-corrected chi connectivity index (χ2v) is 4.17. The van der Waals surface area contributed by atoms with Crippen LogP contribution in [0.4, 0.5) is 5.82 Å². The highest BCUT2D eigenvalue weighted by molar-refractivity contribution is 5.23. The smallest absolute Gasteiger partial charge is 0.349 e. The van der Waals surface area contributed by atoms with Crippen LogP contribution in [0.5, 0.6) is 0 Å². The Labute approximate surface area is 101 Å². The summed E-state index contributed by atoms with van der Waals surface area (Å²) in [6.07, 6.45) is 8.04. The van der Waals surface area contributed by atoms with Crippen molar-refractivity contribution in [3.05, 3.63) is 22.7 Å². The lowest BCUT2D eigenvalue weighted by molar-refractivity contribution is 0.282. The van der Waals surface area contributed by atoms with Crippen molar-refractivity contribution >= 4 is 5.82 Å². The number of unbranched alkanes of at least 4 members (excludes halogenated alkanes) is 5. The molecule has 96 valence electrons.